The molecule has 0 saturated heterocycles. The average Bonchev–Trinajstić information content (AvgIpc) is 2.65. The van der Waals surface area contributed by atoms with Crippen LogP contribution in [0.5, 0.6) is 5.75 Å². The molecule has 5 nitrogen and oxygen atoms in total. The van der Waals surface area contributed by atoms with Crippen molar-refractivity contribution in [3.05, 3.63) is 59.2 Å². The van der Waals surface area contributed by atoms with E-state index < -0.39 is 0 Å². The number of anilines is 1. The lowest BCUT2D eigenvalue weighted by molar-refractivity contribution is -0.125. The fraction of sp³-hybridized carbons (Fsp3) is 0.364. The van der Waals surface area contributed by atoms with Crippen LogP contribution in [0.2, 0.25) is 0 Å². The summed E-state index contributed by atoms with van der Waals surface area (Å²) in [6.07, 6.45) is 0.289. The SMILES string of the molecule is Cc1ccc(CNC(=O)CCC(=O)N2C[C@H](C)Oc3ccc(C)cc32)cc1. The number of fused-ring (bicyclic) bond motifs is 1. The average molecular weight is 366 g/mol. The van der Waals surface area contributed by atoms with Gasteiger partial charge in [-0.3, -0.25) is 9.59 Å². The molecule has 0 aromatic heterocycles. The highest BCUT2D eigenvalue weighted by Gasteiger charge is 2.27. The lowest BCUT2D eigenvalue weighted by atomic mass is 10.1. The Kier molecular flexibility index (Phi) is 5.79. The maximum absolute atomic E-state index is 12.7. The first kappa shape index (κ1) is 19.0. The summed E-state index contributed by atoms with van der Waals surface area (Å²) in [5, 5.41) is 2.88. The summed E-state index contributed by atoms with van der Waals surface area (Å²) in [7, 11) is 0. The molecule has 0 aliphatic carbocycles. The van der Waals surface area contributed by atoms with E-state index in [9.17, 15) is 9.59 Å². The van der Waals surface area contributed by atoms with Crippen molar-refractivity contribution in [1.29, 1.82) is 0 Å². The Bertz CT molecular complexity index is 830. The van der Waals surface area contributed by atoms with E-state index in [-0.39, 0.29) is 30.8 Å². The minimum Gasteiger partial charge on any atom is -0.487 e. The van der Waals surface area contributed by atoms with Gasteiger partial charge in [-0.05, 0) is 44.0 Å². The van der Waals surface area contributed by atoms with Gasteiger partial charge in [0.05, 0.1) is 12.2 Å². The molecule has 0 fully saturated rings. The topological polar surface area (TPSA) is 58.6 Å². The molecule has 0 saturated carbocycles. The van der Waals surface area contributed by atoms with Gasteiger partial charge < -0.3 is 15.0 Å². The third-order valence-electron chi connectivity index (χ3n) is 4.65. The number of aryl methyl sites for hydroxylation is 2. The smallest absolute Gasteiger partial charge is 0.227 e. The van der Waals surface area contributed by atoms with E-state index in [1.807, 2.05) is 63.2 Å². The van der Waals surface area contributed by atoms with Gasteiger partial charge in [0.2, 0.25) is 11.8 Å². The highest BCUT2D eigenvalue weighted by molar-refractivity contribution is 5.97. The molecule has 0 spiro atoms. The zero-order valence-corrected chi connectivity index (χ0v) is 16.1. The maximum Gasteiger partial charge on any atom is 0.227 e. The predicted molar refractivity (Wildman–Crippen MR) is 106 cm³/mol. The van der Waals surface area contributed by atoms with E-state index in [4.69, 9.17) is 4.74 Å². The van der Waals surface area contributed by atoms with Crippen LogP contribution < -0.4 is 15.0 Å². The van der Waals surface area contributed by atoms with Gasteiger partial charge in [0, 0.05) is 19.4 Å². The van der Waals surface area contributed by atoms with Gasteiger partial charge >= 0.3 is 0 Å². The van der Waals surface area contributed by atoms with E-state index in [0.717, 1.165) is 22.6 Å². The first-order valence-electron chi connectivity index (χ1n) is 9.32. The zero-order chi connectivity index (χ0) is 19.4. The third-order valence-corrected chi connectivity index (χ3v) is 4.65. The van der Waals surface area contributed by atoms with E-state index in [0.29, 0.717) is 13.1 Å². The Hall–Kier alpha value is -2.82. The number of carbonyl (C=O) groups excluding carboxylic acids is 2. The van der Waals surface area contributed by atoms with Crippen LogP contribution in [0.1, 0.15) is 36.5 Å². The van der Waals surface area contributed by atoms with Crippen LogP contribution in [0.15, 0.2) is 42.5 Å². The summed E-state index contributed by atoms with van der Waals surface area (Å²) in [4.78, 5) is 26.6. The monoisotopic (exact) mass is 366 g/mol. The van der Waals surface area contributed by atoms with Crippen molar-refractivity contribution in [3.63, 3.8) is 0 Å². The Morgan fingerprint density at radius 2 is 1.78 bits per heavy atom. The predicted octanol–water partition coefficient (Wildman–Crippen LogP) is 3.51. The van der Waals surface area contributed by atoms with Crippen molar-refractivity contribution in [1.82, 2.24) is 5.32 Å². The number of nitrogens with zero attached hydrogens (tertiary/aromatic N) is 1. The van der Waals surface area contributed by atoms with Crippen LogP contribution in [0.3, 0.4) is 0 Å². The van der Waals surface area contributed by atoms with Crippen LogP contribution in [-0.2, 0) is 16.1 Å². The molecule has 3 rings (SSSR count). The summed E-state index contributed by atoms with van der Waals surface area (Å²) in [5.41, 5.74) is 4.09. The molecule has 142 valence electrons. The van der Waals surface area contributed by atoms with Crippen LogP contribution >= 0.6 is 0 Å². The number of hydrogen-bond donors (Lipinski definition) is 1. The molecule has 2 amide bonds. The van der Waals surface area contributed by atoms with Gasteiger partial charge in [-0.15, -0.1) is 0 Å². The first-order valence-corrected chi connectivity index (χ1v) is 9.32. The summed E-state index contributed by atoms with van der Waals surface area (Å²) < 4.78 is 5.82. The Balaban J connectivity index is 1.55. The summed E-state index contributed by atoms with van der Waals surface area (Å²) in [5.74, 6) is 0.550. The molecule has 27 heavy (non-hydrogen) atoms. The minimum atomic E-state index is -0.116. The van der Waals surface area contributed by atoms with Crippen molar-refractivity contribution in [3.8, 4) is 5.75 Å². The van der Waals surface area contributed by atoms with Crippen molar-refractivity contribution in [2.24, 2.45) is 0 Å². The number of hydrogen-bond acceptors (Lipinski definition) is 3. The molecular formula is C22H26N2O3. The number of benzene rings is 2. The fourth-order valence-electron chi connectivity index (χ4n) is 3.13. The second-order valence-electron chi connectivity index (χ2n) is 7.17. The molecule has 1 heterocycles. The molecular weight excluding hydrogens is 340 g/mol. The lowest BCUT2D eigenvalue weighted by Gasteiger charge is -2.33. The Morgan fingerprint density at radius 1 is 1.07 bits per heavy atom. The van der Waals surface area contributed by atoms with E-state index in [1.54, 1.807) is 4.90 Å². The van der Waals surface area contributed by atoms with Crippen molar-refractivity contribution in [2.45, 2.75) is 46.3 Å². The minimum absolute atomic E-state index is 0.0533. The fourth-order valence-corrected chi connectivity index (χ4v) is 3.13. The van der Waals surface area contributed by atoms with Gasteiger partial charge in [0.25, 0.3) is 0 Å². The summed E-state index contributed by atoms with van der Waals surface area (Å²) >= 11 is 0. The molecule has 1 aliphatic rings. The Labute approximate surface area is 160 Å². The lowest BCUT2D eigenvalue weighted by Crippen LogP contribution is -2.42. The quantitative estimate of drug-likeness (QED) is 0.881. The van der Waals surface area contributed by atoms with Crippen molar-refractivity contribution < 1.29 is 14.3 Å². The van der Waals surface area contributed by atoms with Gasteiger partial charge in [-0.1, -0.05) is 35.9 Å². The largest absolute Gasteiger partial charge is 0.487 e. The number of ether oxygens (including phenoxy) is 1. The molecule has 1 N–H and O–H groups in total. The molecule has 1 atom stereocenters. The van der Waals surface area contributed by atoms with Crippen LogP contribution in [-0.4, -0.2) is 24.5 Å². The van der Waals surface area contributed by atoms with Gasteiger partial charge in [0.15, 0.2) is 0 Å². The van der Waals surface area contributed by atoms with Gasteiger partial charge in [-0.25, -0.2) is 0 Å². The highest BCUT2D eigenvalue weighted by Crippen LogP contribution is 2.34. The standard InChI is InChI=1S/C22H26N2O3/c1-15-4-7-18(8-5-15)13-23-21(25)10-11-22(26)24-14-17(3)27-20-9-6-16(2)12-19(20)24/h4-9,12,17H,10-11,13-14H2,1-3H3,(H,23,25)/t17-/m0/s1. The second kappa shape index (κ2) is 8.25. The summed E-state index contributed by atoms with van der Waals surface area (Å²) in [6.45, 7) is 6.93. The van der Waals surface area contributed by atoms with Crippen LogP contribution in [0.25, 0.3) is 0 Å². The van der Waals surface area contributed by atoms with Gasteiger partial charge in [-0.2, -0.15) is 0 Å². The molecule has 0 bridgehead atoms. The third kappa shape index (κ3) is 4.88. The van der Waals surface area contributed by atoms with Crippen molar-refractivity contribution >= 4 is 17.5 Å². The van der Waals surface area contributed by atoms with Crippen LogP contribution in [0.4, 0.5) is 5.69 Å². The normalized spacial score (nSPS) is 15.7. The molecule has 0 radical (unpaired) electrons. The molecule has 1 aliphatic heterocycles. The van der Waals surface area contributed by atoms with E-state index >= 15 is 0 Å². The zero-order valence-electron chi connectivity index (χ0n) is 16.1. The van der Waals surface area contributed by atoms with Gasteiger partial charge in [0.1, 0.15) is 11.9 Å². The van der Waals surface area contributed by atoms with Crippen molar-refractivity contribution in [2.75, 3.05) is 11.4 Å². The molecule has 5 heteroatoms. The highest BCUT2D eigenvalue weighted by atomic mass is 16.5. The molecule has 2 aromatic rings. The second-order valence-corrected chi connectivity index (χ2v) is 7.17. The summed E-state index contributed by atoms with van der Waals surface area (Å²) in [6, 6.07) is 13.8. The van der Waals surface area contributed by atoms with E-state index in [2.05, 4.69) is 5.32 Å². The van der Waals surface area contributed by atoms with Crippen LogP contribution in [0, 0.1) is 13.8 Å². The molecule has 0 unspecified atom stereocenters. The van der Waals surface area contributed by atoms with E-state index in [1.165, 1.54) is 5.56 Å². The number of amides is 2. The number of nitrogens with one attached hydrogen (secondary N) is 1. The maximum atomic E-state index is 12.7. The number of carbonyl (C=O) groups is 2. The number of rotatable bonds is 5. The molecule has 2 aromatic carbocycles. The first-order chi connectivity index (χ1) is 12.9. The Morgan fingerprint density at radius 3 is 2.52 bits per heavy atom.